The average molecular weight is 672 g/mol. The van der Waals surface area contributed by atoms with Crippen LogP contribution in [0.3, 0.4) is 0 Å². The highest BCUT2D eigenvalue weighted by atomic mass is 16.4. The second-order valence-corrected chi connectivity index (χ2v) is 11.7. The van der Waals surface area contributed by atoms with Crippen molar-refractivity contribution < 1.29 is 39.3 Å². The van der Waals surface area contributed by atoms with E-state index >= 15 is 0 Å². The van der Waals surface area contributed by atoms with Crippen molar-refractivity contribution in [2.24, 2.45) is 0 Å². The van der Waals surface area contributed by atoms with E-state index in [-0.39, 0.29) is 64.2 Å². The zero-order valence-corrected chi connectivity index (χ0v) is 27.1. The molecule has 13 nitrogen and oxygen atoms in total. The Kier molecular flexibility index (Phi) is 13.6. The topological polar surface area (TPSA) is 180 Å². The summed E-state index contributed by atoms with van der Waals surface area (Å²) in [6, 6.07) is 27.1. The van der Waals surface area contributed by atoms with Gasteiger partial charge in [0.2, 0.25) is 11.8 Å². The second-order valence-electron chi connectivity index (χ2n) is 11.7. The summed E-state index contributed by atoms with van der Waals surface area (Å²) in [5, 5.41) is 38.2. The molecule has 2 amide bonds. The summed E-state index contributed by atoms with van der Waals surface area (Å²) in [6.07, 6.45) is 0. The van der Waals surface area contributed by atoms with E-state index in [1.165, 1.54) is 14.7 Å². The van der Waals surface area contributed by atoms with Gasteiger partial charge in [-0.05, 0) is 32.7 Å². The molecule has 0 fully saturated rings. The van der Waals surface area contributed by atoms with Crippen molar-refractivity contribution in [2.45, 2.75) is 13.1 Å². The standard InChI is InChI=1S/C36H41N5O8/c42-32(37-19-28-11-5-9-26-7-1-3-13-30(26)28)21-40(24-35(46)47)17-15-39(23-34(44)45)16-18-41(25-36(48)49)22-33(43)38-20-29-12-6-10-27-8-2-4-14-31(27)29/h1-14H,15-25H2,(H,37,42)(H,38,43)(H,44,45)(H,46,47)(H,48,49). The van der Waals surface area contributed by atoms with Crippen LogP contribution in [0.25, 0.3) is 21.5 Å². The fourth-order valence-electron chi connectivity index (χ4n) is 5.64. The monoisotopic (exact) mass is 671 g/mol. The molecule has 0 unspecified atom stereocenters. The van der Waals surface area contributed by atoms with Crippen LogP contribution in [0, 0.1) is 0 Å². The molecular formula is C36H41N5O8. The summed E-state index contributed by atoms with van der Waals surface area (Å²) in [6.45, 7) is -0.925. The Balaban J connectivity index is 1.31. The van der Waals surface area contributed by atoms with Crippen molar-refractivity contribution in [1.29, 1.82) is 0 Å². The number of aliphatic carboxylic acids is 3. The molecule has 258 valence electrons. The molecule has 4 aromatic rings. The minimum absolute atomic E-state index is 0.0612. The molecule has 13 heteroatoms. The predicted molar refractivity (Wildman–Crippen MR) is 184 cm³/mol. The summed E-state index contributed by atoms with van der Waals surface area (Å²) < 4.78 is 0. The van der Waals surface area contributed by atoms with Crippen LogP contribution in [0.5, 0.6) is 0 Å². The van der Waals surface area contributed by atoms with Gasteiger partial charge in [-0.3, -0.25) is 38.7 Å². The van der Waals surface area contributed by atoms with Gasteiger partial charge in [-0.25, -0.2) is 0 Å². The first-order chi connectivity index (χ1) is 23.6. The van der Waals surface area contributed by atoms with E-state index in [0.717, 1.165) is 32.7 Å². The number of hydrogen-bond donors (Lipinski definition) is 5. The first-order valence-corrected chi connectivity index (χ1v) is 15.9. The van der Waals surface area contributed by atoms with Crippen molar-refractivity contribution in [3.63, 3.8) is 0 Å². The summed E-state index contributed by atoms with van der Waals surface area (Å²) in [5.41, 5.74) is 1.83. The number of fused-ring (bicyclic) bond motifs is 2. The number of amides is 2. The van der Waals surface area contributed by atoms with E-state index < -0.39 is 37.5 Å². The van der Waals surface area contributed by atoms with Gasteiger partial charge in [-0.15, -0.1) is 0 Å². The van der Waals surface area contributed by atoms with Crippen molar-refractivity contribution >= 4 is 51.3 Å². The maximum atomic E-state index is 12.8. The van der Waals surface area contributed by atoms with Crippen LogP contribution in [-0.2, 0) is 37.1 Å². The summed E-state index contributed by atoms with van der Waals surface area (Å²) >= 11 is 0. The van der Waals surface area contributed by atoms with Crippen LogP contribution >= 0.6 is 0 Å². The van der Waals surface area contributed by atoms with E-state index in [2.05, 4.69) is 10.6 Å². The van der Waals surface area contributed by atoms with Crippen molar-refractivity contribution in [2.75, 3.05) is 58.9 Å². The van der Waals surface area contributed by atoms with Crippen LogP contribution in [0.4, 0.5) is 0 Å². The Hall–Kier alpha value is -5.37. The smallest absolute Gasteiger partial charge is 0.317 e. The first kappa shape index (κ1) is 36.5. The highest BCUT2D eigenvalue weighted by Crippen LogP contribution is 2.19. The van der Waals surface area contributed by atoms with E-state index in [0.29, 0.717) is 0 Å². The molecule has 0 radical (unpaired) electrons. The first-order valence-electron chi connectivity index (χ1n) is 15.9. The fraction of sp³-hybridized carbons (Fsp3) is 0.306. The maximum Gasteiger partial charge on any atom is 0.317 e. The fourth-order valence-corrected chi connectivity index (χ4v) is 5.64. The number of carbonyl (C=O) groups excluding carboxylic acids is 2. The lowest BCUT2D eigenvalue weighted by atomic mass is 10.0. The molecule has 49 heavy (non-hydrogen) atoms. The summed E-state index contributed by atoms with van der Waals surface area (Å²) in [4.78, 5) is 64.8. The van der Waals surface area contributed by atoms with Gasteiger partial charge < -0.3 is 26.0 Å². The number of nitrogens with zero attached hydrogens (tertiary/aromatic N) is 3. The van der Waals surface area contributed by atoms with Crippen molar-refractivity contribution in [3.8, 4) is 0 Å². The minimum atomic E-state index is -1.14. The molecule has 0 heterocycles. The maximum absolute atomic E-state index is 12.8. The van der Waals surface area contributed by atoms with Gasteiger partial charge in [-0.1, -0.05) is 84.9 Å². The second kappa shape index (κ2) is 18.2. The van der Waals surface area contributed by atoms with Crippen LogP contribution < -0.4 is 10.6 Å². The third-order valence-electron chi connectivity index (χ3n) is 7.99. The Morgan fingerprint density at radius 3 is 1.20 bits per heavy atom. The molecular weight excluding hydrogens is 630 g/mol. The van der Waals surface area contributed by atoms with Crippen molar-refractivity contribution in [1.82, 2.24) is 25.3 Å². The molecule has 5 N–H and O–H groups in total. The van der Waals surface area contributed by atoms with Crippen LogP contribution in [0.15, 0.2) is 84.9 Å². The number of rotatable bonds is 20. The summed E-state index contributed by atoms with van der Waals surface area (Å²) in [7, 11) is 0. The van der Waals surface area contributed by atoms with Crippen molar-refractivity contribution in [3.05, 3.63) is 96.1 Å². The van der Waals surface area contributed by atoms with Gasteiger partial charge in [0.1, 0.15) is 0 Å². The van der Waals surface area contributed by atoms with E-state index in [4.69, 9.17) is 0 Å². The number of hydrogen-bond acceptors (Lipinski definition) is 8. The van der Waals surface area contributed by atoms with Crippen LogP contribution in [0.1, 0.15) is 11.1 Å². The Morgan fingerprint density at radius 1 is 0.449 bits per heavy atom. The molecule has 0 aliphatic heterocycles. The van der Waals surface area contributed by atoms with E-state index in [1.54, 1.807) is 0 Å². The molecule has 4 aromatic carbocycles. The zero-order valence-electron chi connectivity index (χ0n) is 27.1. The lowest BCUT2D eigenvalue weighted by Crippen LogP contribution is -2.47. The number of nitrogens with one attached hydrogen (secondary N) is 2. The highest BCUT2D eigenvalue weighted by molar-refractivity contribution is 5.87. The Labute approximate surface area is 283 Å². The number of benzene rings is 4. The minimum Gasteiger partial charge on any atom is -0.480 e. The van der Waals surface area contributed by atoms with Crippen LogP contribution in [-0.4, -0.2) is 119 Å². The lowest BCUT2D eigenvalue weighted by molar-refractivity contribution is -0.141. The van der Waals surface area contributed by atoms with Gasteiger partial charge in [0.25, 0.3) is 0 Å². The molecule has 0 aromatic heterocycles. The highest BCUT2D eigenvalue weighted by Gasteiger charge is 2.20. The van der Waals surface area contributed by atoms with Gasteiger partial charge >= 0.3 is 17.9 Å². The van der Waals surface area contributed by atoms with Crippen LogP contribution in [0.2, 0.25) is 0 Å². The summed E-state index contributed by atoms with van der Waals surface area (Å²) in [5.74, 6) is -4.19. The predicted octanol–water partition coefficient (Wildman–Crippen LogP) is 2.09. The molecule has 0 atom stereocenters. The lowest BCUT2D eigenvalue weighted by Gasteiger charge is -2.28. The number of carboxylic acid groups (broad SMARTS) is 3. The third-order valence-corrected chi connectivity index (χ3v) is 7.99. The quantitative estimate of drug-likeness (QED) is 0.0929. The number of carboxylic acids is 3. The van der Waals surface area contributed by atoms with Gasteiger partial charge in [0, 0.05) is 39.3 Å². The Morgan fingerprint density at radius 2 is 0.796 bits per heavy atom. The molecule has 4 rings (SSSR count). The molecule has 0 saturated heterocycles. The largest absolute Gasteiger partial charge is 0.480 e. The normalized spacial score (nSPS) is 11.3. The molecule has 0 aliphatic carbocycles. The van der Waals surface area contributed by atoms with E-state index in [9.17, 15) is 39.3 Å². The number of carbonyl (C=O) groups is 5. The SMILES string of the molecule is O=C(O)CN(CCN(CC(=O)O)CC(=O)NCc1cccc2ccccc12)CCN(CC(=O)O)CC(=O)NCc1cccc2ccccc12. The van der Waals surface area contributed by atoms with Gasteiger partial charge in [0.15, 0.2) is 0 Å². The zero-order chi connectivity index (χ0) is 35.2. The average Bonchev–Trinajstić information content (AvgIpc) is 3.06. The molecule has 0 bridgehead atoms. The van der Waals surface area contributed by atoms with Gasteiger partial charge in [0.05, 0.1) is 32.7 Å². The van der Waals surface area contributed by atoms with Gasteiger partial charge in [-0.2, -0.15) is 0 Å². The Bertz CT molecular complexity index is 1650. The molecule has 0 spiro atoms. The third kappa shape index (κ3) is 12.0. The van der Waals surface area contributed by atoms with E-state index in [1.807, 2.05) is 84.9 Å². The molecule has 0 aliphatic rings. The molecule has 0 saturated carbocycles.